The highest BCUT2D eigenvalue weighted by atomic mass is 32.2. The first-order chi connectivity index (χ1) is 16.6. The predicted octanol–water partition coefficient (Wildman–Crippen LogP) is 6.73. The molecule has 2 fully saturated rings. The lowest BCUT2D eigenvalue weighted by Crippen LogP contribution is -2.46. The smallest absolute Gasteiger partial charge is 0.248 e. The summed E-state index contributed by atoms with van der Waals surface area (Å²) in [5, 5.41) is 0. The van der Waals surface area contributed by atoms with E-state index in [1.807, 2.05) is 23.4 Å². The van der Waals surface area contributed by atoms with Crippen LogP contribution in [0.25, 0.3) is 11.1 Å². The Bertz CT molecular complexity index is 1170. The van der Waals surface area contributed by atoms with Gasteiger partial charge in [0.15, 0.2) is 0 Å². The maximum absolute atomic E-state index is 13.4. The summed E-state index contributed by atoms with van der Waals surface area (Å²) in [5.74, 6) is -1.81. The minimum absolute atomic E-state index is 0.0118. The van der Waals surface area contributed by atoms with Crippen molar-refractivity contribution in [3.8, 4) is 11.1 Å². The number of anilines is 3. The topological polar surface area (TPSA) is 26.8 Å². The lowest BCUT2D eigenvalue weighted by molar-refractivity contribution is -0.109. The second kappa shape index (κ2) is 9.08. The van der Waals surface area contributed by atoms with Gasteiger partial charge in [-0.05, 0) is 68.0 Å². The molecule has 0 spiro atoms. The Morgan fingerprint density at radius 3 is 2.37 bits per heavy atom. The van der Waals surface area contributed by atoms with Crippen molar-refractivity contribution in [2.24, 2.45) is 5.92 Å². The van der Waals surface area contributed by atoms with Crippen LogP contribution in [0, 0.1) is 5.92 Å². The first-order valence-electron chi connectivity index (χ1n) is 12.3. The molecule has 1 aliphatic carbocycles. The Labute approximate surface area is 209 Å². The first-order valence-corrected chi connectivity index (χ1v) is 13.6. The molecular weight excluding hydrogens is 464 g/mol. The molecule has 186 valence electrons. The van der Waals surface area contributed by atoms with E-state index in [1.54, 1.807) is 0 Å². The Balaban J connectivity index is 1.45. The van der Waals surface area contributed by atoms with E-state index in [0.717, 1.165) is 64.8 Å². The van der Waals surface area contributed by atoms with Crippen molar-refractivity contribution in [3.05, 3.63) is 67.0 Å². The van der Waals surface area contributed by atoms with Crippen LogP contribution in [0.3, 0.4) is 0 Å². The molecule has 1 saturated heterocycles. The largest absolute Gasteiger partial charge is 0.342 e. The highest BCUT2D eigenvalue weighted by Gasteiger charge is 2.45. The average molecular weight is 498 g/mol. The number of hydrogen-bond donors (Lipinski definition) is 0. The molecule has 7 heteroatoms. The molecule has 3 aliphatic rings. The monoisotopic (exact) mass is 497 g/mol. The van der Waals surface area contributed by atoms with Crippen molar-refractivity contribution in [2.45, 2.75) is 51.5 Å². The van der Waals surface area contributed by atoms with Gasteiger partial charge >= 0.3 is 0 Å². The van der Waals surface area contributed by atoms with Gasteiger partial charge < -0.3 is 9.80 Å². The SMILES string of the molecule is C=C(CC1CC(F)(F)C1)N1CC(C)N(C(=C)C)c2ccc(-c3ccc(N4CCCS4=O)cc3)cc21. The maximum atomic E-state index is 13.4. The zero-order chi connectivity index (χ0) is 24.9. The van der Waals surface area contributed by atoms with Gasteiger partial charge in [-0.2, -0.15) is 0 Å². The van der Waals surface area contributed by atoms with Gasteiger partial charge in [-0.3, -0.25) is 4.31 Å². The number of benzene rings is 2. The van der Waals surface area contributed by atoms with Gasteiger partial charge in [0, 0.05) is 54.8 Å². The number of allylic oxidation sites excluding steroid dienone is 2. The van der Waals surface area contributed by atoms with Crippen LogP contribution >= 0.6 is 0 Å². The summed E-state index contributed by atoms with van der Waals surface area (Å²) in [4.78, 5) is 4.45. The van der Waals surface area contributed by atoms with Crippen molar-refractivity contribution in [1.29, 1.82) is 0 Å². The van der Waals surface area contributed by atoms with Crippen LogP contribution in [-0.2, 0) is 11.0 Å². The first kappa shape index (κ1) is 24.0. The van der Waals surface area contributed by atoms with Gasteiger partial charge in [0.05, 0.1) is 11.4 Å². The van der Waals surface area contributed by atoms with Gasteiger partial charge in [-0.15, -0.1) is 0 Å². The Morgan fingerprint density at radius 2 is 1.77 bits per heavy atom. The lowest BCUT2D eigenvalue weighted by Gasteiger charge is -2.45. The molecule has 0 bridgehead atoms. The zero-order valence-corrected chi connectivity index (χ0v) is 21.3. The maximum Gasteiger partial charge on any atom is 0.248 e. The molecular formula is C28H33F2N3OS. The van der Waals surface area contributed by atoms with Gasteiger partial charge in [0.2, 0.25) is 5.92 Å². The molecule has 0 aromatic heterocycles. The van der Waals surface area contributed by atoms with E-state index in [0.29, 0.717) is 6.42 Å². The van der Waals surface area contributed by atoms with Crippen LogP contribution in [0.1, 0.15) is 39.5 Å². The highest BCUT2D eigenvalue weighted by molar-refractivity contribution is 7.86. The molecule has 2 atom stereocenters. The summed E-state index contributed by atoms with van der Waals surface area (Å²) in [5.41, 5.74) is 7.08. The molecule has 0 N–H and O–H groups in total. The summed E-state index contributed by atoms with van der Waals surface area (Å²) < 4.78 is 41.0. The summed E-state index contributed by atoms with van der Waals surface area (Å²) >= 11 is 0. The van der Waals surface area contributed by atoms with Crippen molar-refractivity contribution < 1.29 is 13.0 Å². The van der Waals surface area contributed by atoms with E-state index < -0.39 is 16.9 Å². The average Bonchev–Trinajstić information content (AvgIpc) is 3.22. The Morgan fingerprint density at radius 1 is 1.09 bits per heavy atom. The van der Waals surface area contributed by atoms with Crippen LogP contribution in [0.2, 0.25) is 0 Å². The number of nitrogens with zero attached hydrogens (tertiary/aromatic N) is 3. The molecule has 2 unspecified atom stereocenters. The number of rotatable bonds is 6. The molecule has 1 saturated carbocycles. The summed E-state index contributed by atoms with van der Waals surface area (Å²) in [6, 6.07) is 14.8. The van der Waals surface area contributed by atoms with Crippen LogP contribution in [-0.4, -0.2) is 35.0 Å². The van der Waals surface area contributed by atoms with E-state index in [4.69, 9.17) is 0 Å². The summed E-state index contributed by atoms with van der Waals surface area (Å²) in [7, 11) is -0.937. The number of fused-ring (bicyclic) bond motifs is 1. The third-order valence-corrected chi connectivity index (χ3v) is 8.84. The summed E-state index contributed by atoms with van der Waals surface area (Å²) in [6.45, 7) is 14.2. The van der Waals surface area contributed by atoms with Crippen LogP contribution < -0.4 is 14.1 Å². The van der Waals surface area contributed by atoms with Crippen molar-refractivity contribution in [2.75, 3.05) is 32.9 Å². The second-order valence-corrected chi connectivity index (χ2v) is 11.7. The molecule has 5 rings (SSSR count). The second-order valence-electron chi connectivity index (χ2n) is 10.2. The molecule has 35 heavy (non-hydrogen) atoms. The van der Waals surface area contributed by atoms with Gasteiger partial charge in [0.1, 0.15) is 11.0 Å². The predicted molar refractivity (Wildman–Crippen MR) is 142 cm³/mol. The van der Waals surface area contributed by atoms with E-state index in [2.05, 4.69) is 60.2 Å². The molecule has 2 aromatic rings. The third kappa shape index (κ3) is 4.63. The van der Waals surface area contributed by atoms with Gasteiger partial charge in [-0.1, -0.05) is 31.4 Å². The van der Waals surface area contributed by atoms with Gasteiger partial charge in [0.25, 0.3) is 0 Å². The fraction of sp³-hybridized carbons (Fsp3) is 0.429. The number of alkyl halides is 2. The fourth-order valence-electron chi connectivity index (χ4n) is 5.67. The minimum Gasteiger partial charge on any atom is -0.342 e. The van der Waals surface area contributed by atoms with Crippen molar-refractivity contribution >= 4 is 28.0 Å². The highest BCUT2D eigenvalue weighted by Crippen LogP contribution is 2.47. The molecule has 2 heterocycles. The molecule has 2 aromatic carbocycles. The standard InChI is InChI=1S/C28H33F2N3OS/c1-19(2)33-21(4)18-31(20(3)14-22-16-28(29,30)17-22)27-15-24(8-11-26(27)33)23-6-9-25(10-7-23)32-12-5-13-35(32)34/h6-11,15,21-22H,1,3,5,12-14,16-18H2,2,4H3. The molecule has 4 nitrogen and oxygen atoms in total. The minimum atomic E-state index is -2.52. The normalized spacial score (nSPS) is 23.7. The quantitative estimate of drug-likeness (QED) is 0.443. The number of halogens is 2. The summed E-state index contributed by atoms with van der Waals surface area (Å²) in [6.07, 6.45) is 1.44. The van der Waals surface area contributed by atoms with E-state index >= 15 is 0 Å². The lowest BCUT2D eigenvalue weighted by atomic mass is 9.78. The van der Waals surface area contributed by atoms with E-state index in [1.165, 1.54) is 0 Å². The van der Waals surface area contributed by atoms with Gasteiger partial charge in [-0.25, -0.2) is 13.0 Å². The van der Waals surface area contributed by atoms with Crippen molar-refractivity contribution in [1.82, 2.24) is 0 Å². The number of hydrogen-bond acceptors (Lipinski definition) is 3. The van der Waals surface area contributed by atoms with Crippen LogP contribution in [0.4, 0.5) is 25.8 Å². The molecule has 0 amide bonds. The Hall–Kier alpha value is -2.67. The molecule has 2 aliphatic heterocycles. The fourth-order valence-corrected chi connectivity index (χ4v) is 6.95. The van der Waals surface area contributed by atoms with Crippen LogP contribution in [0.5, 0.6) is 0 Å². The third-order valence-electron chi connectivity index (χ3n) is 7.32. The van der Waals surface area contributed by atoms with Crippen LogP contribution in [0.15, 0.2) is 67.0 Å². The van der Waals surface area contributed by atoms with E-state index in [-0.39, 0.29) is 24.8 Å². The zero-order valence-electron chi connectivity index (χ0n) is 20.5. The van der Waals surface area contributed by atoms with E-state index in [9.17, 15) is 13.0 Å². The molecule has 0 radical (unpaired) electrons. The van der Waals surface area contributed by atoms with Crippen molar-refractivity contribution in [3.63, 3.8) is 0 Å². The Kier molecular flexibility index (Phi) is 6.24.